The Morgan fingerprint density at radius 3 is 2.42 bits per heavy atom. The van der Waals surface area contributed by atoms with Gasteiger partial charge in [-0.25, -0.2) is 8.42 Å². The van der Waals surface area contributed by atoms with Crippen LogP contribution in [0.3, 0.4) is 0 Å². The molecular weight excluding hydrogens is 382 g/mol. The number of carbonyl (C=O) groups is 3. The summed E-state index contributed by atoms with van der Waals surface area (Å²) in [6, 6.07) is 6.31. The maximum absolute atomic E-state index is 11.9. The predicted octanol–water partition coefficient (Wildman–Crippen LogP) is 1.54. The zero-order valence-corrected chi connectivity index (χ0v) is 15.9. The molecule has 1 saturated heterocycles. The van der Waals surface area contributed by atoms with Gasteiger partial charge in [-0.05, 0) is 37.6 Å². The van der Waals surface area contributed by atoms with Crippen LogP contribution in [0.4, 0.5) is 0 Å². The van der Waals surface area contributed by atoms with E-state index in [0.717, 1.165) is 0 Å². The molecule has 1 amide bonds. The van der Waals surface area contributed by atoms with Crippen molar-refractivity contribution < 1.29 is 27.5 Å². The van der Waals surface area contributed by atoms with Gasteiger partial charge in [-0.15, -0.1) is 0 Å². The molecule has 0 spiro atoms. The molecule has 0 aromatic heterocycles. The molecule has 1 N–H and O–H groups in total. The first-order chi connectivity index (χ1) is 12.1. The molecule has 2 rings (SSSR count). The van der Waals surface area contributed by atoms with Crippen LogP contribution in [0.2, 0.25) is 5.02 Å². The minimum atomic E-state index is -3.15. The summed E-state index contributed by atoms with van der Waals surface area (Å²) in [5.41, 5.74) is -0.400. The molecule has 7 nitrogen and oxygen atoms in total. The van der Waals surface area contributed by atoms with Crippen LogP contribution in [0.1, 0.15) is 36.5 Å². The van der Waals surface area contributed by atoms with E-state index in [4.69, 9.17) is 16.3 Å². The molecular formula is C17H20ClNO6S. The van der Waals surface area contributed by atoms with Crippen LogP contribution < -0.4 is 5.32 Å². The van der Waals surface area contributed by atoms with Crippen molar-refractivity contribution in [2.24, 2.45) is 0 Å². The van der Waals surface area contributed by atoms with Crippen molar-refractivity contribution in [1.82, 2.24) is 5.32 Å². The number of sulfone groups is 1. The molecule has 1 heterocycles. The fourth-order valence-corrected chi connectivity index (χ4v) is 4.91. The Morgan fingerprint density at radius 1 is 1.19 bits per heavy atom. The van der Waals surface area contributed by atoms with E-state index in [2.05, 4.69) is 5.32 Å². The van der Waals surface area contributed by atoms with Crippen molar-refractivity contribution in [2.45, 2.75) is 31.7 Å². The zero-order chi connectivity index (χ0) is 19.4. The number of nitrogens with one attached hydrogen (secondary N) is 1. The maximum atomic E-state index is 11.9. The molecule has 9 heteroatoms. The Balaban J connectivity index is 1.72. The standard InChI is InChI=1S/C17H20ClNO6S/c1-17(8-9-26(23,24)11-17)19-15(21)10-25-16(22)7-6-14(20)12-2-4-13(18)5-3-12/h2-5H,6-11H2,1H3,(H,19,21)/t17-/m0/s1. The van der Waals surface area contributed by atoms with Crippen LogP contribution in [0, 0.1) is 0 Å². The van der Waals surface area contributed by atoms with E-state index >= 15 is 0 Å². The monoisotopic (exact) mass is 401 g/mol. The molecule has 1 aliphatic rings. The molecule has 26 heavy (non-hydrogen) atoms. The Labute approximate surface area is 157 Å². The number of amides is 1. The van der Waals surface area contributed by atoms with Gasteiger partial charge in [0, 0.05) is 17.0 Å². The lowest BCUT2D eigenvalue weighted by atomic mass is 10.0. The largest absolute Gasteiger partial charge is 0.456 e. The first-order valence-electron chi connectivity index (χ1n) is 8.04. The summed E-state index contributed by atoms with van der Waals surface area (Å²) >= 11 is 5.74. The minimum absolute atomic E-state index is 0.0242. The van der Waals surface area contributed by atoms with Crippen LogP contribution in [-0.4, -0.2) is 49.7 Å². The molecule has 0 radical (unpaired) electrons. The topological polar surface area (TPSA) is 107 Å². The Bertz CT molecular complexity index is 805. The van der Waals surface area contributed by atoms with E-state index in [-0.39, 0.29) is 30.1 Å². The molecule has 1 aromatic rings. The molecule has 1 aliphatic heterocycles. The third-order valence-corrected chi connectivity index (χ3v) is 6.19. The molecule has 0 bridgehead atoms. The fourth-order valence-electron chi connectivity index (χ4n) is 2.70. The lowest BCUT2D eigenvalue weighted by molar-refractivity contribution is -0.148. The number of benzene rings is 1. The number of rotatable bonds is 7. The molecule has 0 saturated carbocycles. The number of halogens is 1. The van der Waals surface area contributed by atoms with E-state index in [9.17, 15) is 22.8 Å². The molecule has 142 valence electrons. The molecule has 1 atom stereocenters. The summed E-state index contributed by atoms with van der Waals surface area (Å²) in [5.74, 6) is -1.58. The van der Waals surface area contributed by atoms with E-state index in [1.165, 1.54) is 0 Å². The number of hydrogen-bond acceptors (Lipinski definition) is 6. The summed E-state index contributed by atoms with van der Waals surface area (Å²) in [6.07, 6.45) is 0.128. The maximum Gasteiger partial charge on any atom is 0.306 e. The summed E-state index contributed by atoms with van der Waals surface area (Å²) in [6.45, 7) is 1.13. The Morgan fingerprint density at radius 2 is 1.85 bits per heavy atom. The van der Waals surface area contributed by atoms with Gasteiger partial charge in [-0.2, -0.15) is 0 Å². The highest BCUT2D eigenvalue weighted by Gasteiger charge is 2.39. The summed E-state index contributed by atoms with van der Waals surface area (Å²) in [7, 11) is -3.15. The highest BCUT2D eigenvalue weighted by Crippen LogP contribution is 2.22. The van der Waals surface area contributed by atoms with Crippen molar-refractivity contribution in [1.29, 1.82) is 0 Å². The highest BCUT2D eigenvalue weighted by molar-refractivity contribution is 7.91. The van der Waals surface area contributed by atoms with Crippen molar-refractivity contribution in [3.05, 3.63) is 34.9 Å². The smallest absolute Gasteiger partial charge is 0.306 e. The van der Waals surface area contributed by atoms with Crippen molar-refractivity contribution >= 4 is 39.1 Å². The second-order valence-corrected chi connectivity index (χ2v) is 9.16. The predicted molar refractivity (Wildman–Crippen MR) is 95.8 cm³/mol. The van der Waals surface area contributed by atoms with Crippen molar-refractivity contribution in [2.75, 3.05) is 18.1 Å². The van der Waals surface area contributed by atoms with E-state index in [0.29, 0.717) is 17.0 Å². The average molecular weight is 402 g/mol. The minimum Gasteiger partial charge on any atom is -0.456 e. The number of carbonyl (C=O) groups excluding carboxylic acids is 3. The van der Waals surface area contributed by atoms with Crippen LogP contribution in [0.5, 0.6) is 0 Å². The third kappa shape index (κ3) is 6.10. The van der Waals surface area contributed by atoms with E-state index in [1.807, 2.05) is 0 Å². The highest BCUT2D eigenvalue weighted by atomic mass is 35.5. The van der Waals surface area contributed by atoms with Gasteiger partial charge in [-0.3, -0.25) is 14.4 Å². The van der Waals surface area contributed by atoms with E-state index in [1.54, 1.807) is 31.2 Å². The Hall–Kier alpha value is -1.93. The van der Waals surface area contributed by atoms with Crippen LogP contribution in [0.25, 0.3) is 0 Å². The lowest BCUT2D eigenvalue weighted by Gasteiger charge is -2.23. The first-order valence-corrected chi connectivity index (χ1v) is 10.2. The molecule has 1 aromatic carbocycles. The summed E-state index contributed by atoms with van der Waals surface area (Å²) in [5, 5.41) is 3.10. The van der Waals surface area contributed by atoms with Gasteiger partial charge in [0.15, 0.2) is 22.2 Å². The second kappa shape index (κ2) is 8.18. The van der Waals surface area contributed by atoms with Gasteiger partial charge in [0.25, 0.3) is 5.91 Å². The van der Waals surface area contributed by atoms with Crippen LogP contribution in [0.15, 0.2) is 24.3 Å². The normalized spacial score (nSPS) is 21.2. The molecule has 0 unspecified atom stereocenters. The van der Waals surface area contributed by atoms with E-state index < -0.39 is 33.9 Å². The lowest BCUT2D eigenvalue weighted by Crippen LogP contribution is -2.48. The van der Waals surface area contributed by atoms with Gasteiger partial charge in [0.05, 0.1) is 23.5 Å². The Kier molecular flexibility index (Phi) is 6.41. The van der Waals surface area contributed by atoms with Gasteiger partial charge < -0.3 is 10.1 Å². The van der Waals surface area contributed by atoms with Gasteiger partial charge in [0.1, 0.15) is 0 Å². The fraction of sp³-hybridized carbons (Fsp3) is 0.471. The number of Topliss-reactive ketones (excluding diaryl/α,β-unsaturated/α-hetero) is 1. The second-order valence-electron chi connectivity index (χ2n) is 6.54. The number of hydrogen-bond donors (Lipinski definition) is 1. The van der Waals surface area contributed by atoms with Gasteiger partial charge in [0.2, 0.25) is 0 Å². The summed E-state index contributed by atoms with van der Waals surface area (Å²) < 4.78 is 27.8. The molecule has 0 aliphatic carbocycles. The average Bonchev–Trinajstić information content (AvgIpc) is 2.84. The number of esters is 1. The SMILES string of the molecule is C[C@]1(NC(=O)COC(=O)CCC(=O)c2ccc(Cl)cc2)CCS(=O)(=O)C1. The quantitative estimate of drug-likeness (QED) is 0.548. The third-order valence-electron chi connectivity index (χ3n) is 4.03. The first kappa shape index (κ1) is 20.4. The zero-order valence-electron chi connectivity index (χ0n) is 14.3. The summed E-state index contributed by atoms with van der Waals surface area (Å²) in [4.78, 5) is 35.5. The van der Waals surface area contributed by atoms with Crippen LogP contribution in [-0.2, 0) is 24.2 Å². The van der Waals surface area contributed by atoms with Crippen molar-refractivity contribution in [3.8, 4) is 0 Å². The number of ether oxygens (including phenoxy) is 1. The molecule has 1 fully saturated rings. The van der Waals surface area contributed by atoms with Crippen molar-refractivity contribution in [3.63, 3.8) is 0 Å². The van der Waals surface area contributed by atoms with Gasteiger partial charge in [-0.1, -0.05) is 11.6 Å². The van der Waals surface area contributed by atoms with Gasteiger partial charge >= 0.3 is 5.97 Å². The number of ketones is 1. The van der Waals surface area contributed by atoms with Crippen LogP contribution >= 0.6 is 11.6 Å².